The van der Waals surface area contributed by atoms with Crippen molar-refractivity contribution in [2.24, 2.45) is 0 Å². The van der Waals surface area contributed by atoms with Gasteiger partial charge in [-0.05, 0) is 60.2 Å². The van der Waals surface area contributed by atoms with E-state index >= 15 is 0 Å². The minimum absolute atomic E-state index is 0.0309. The summed E-state index contributed by atoms with van der Waals surface area (Å²) < 4.78 is 28.1. The number of aromatic nitrogens is 2. The zero-order valence-corrected chi connectivity index (χ0v) is 23.1. The van der Waals surface area contributed by atoms with E-state index in [2.05, 4.69) is 10.3 Å². The minimum Gasteiger partial charge on any atom is -0.325 e. The summed E-state index contributed by atoms with van der Waals surface area (Å²) in [6.07, 6.45) is 1.60. The molecule has 0 radical (unpaired) electrons. The highest BCUT2D eigenvalue weighted by molar-refractivity contribution is 8.26. The van der Waals surface area contributed by atoms with E-state index in [1.165, 1.54) is 45.9 Å². The number of hydrogen-bond acceptors (Lipinski definition) is 7. The lowest BCUT2D eigenvalue weighted by molar-refractivity contribution is -0.122. The monoisotopic (exact) mass is 594 g/mol. The zero-order chi connectivity index (χ0) is 28.2. The first-order chi connectivity index (χ1) is 19.3. The van der Waals surface area contributed by atoms with Crippen LogP contribution in [0.15, 0.2) is 82.9 Å². The summed E-state index contributed by atoms with van der Waals surface area (Å²) in [5.74, 6) is -1.79. The fraction of sp³-hybridized carbons (Fsp3) is 0.107. The number of imidazole rings is 1. The van der Waals surface area contributed by atoms with E-state index in [0.29, 0.717) is 36.7 Å². The molecule has 0 spiro atoms. The SMILES string of the molecule is O=C(CSc1nc2ccccc2n1C(=O)CCN1C(=O)/C(=C\c2ccc(F)cc2)SC1=S)Nc1ccc(F)cc1. The average molecular weight is 595 g/mol. The number of nitrogens with zero attached hydrogens (tertiary/aromatic N) is 3. The van der Waals surface area contributed by atoms with Gasteiger partial charge in [-0.3, -0.25) is 23.9 Å². The maximum atomic E-state index is 13.4. The second-order valence-electron chi connectivity index (χ2n) is 8.59. The van der Waals surface area contributed by atoms with Crippen molar-refractivity contribution >= 4 is 80.6 Å². The van der Waals surface area contributed by atoms with Crippen molar-refractivity contribution in [1.29, 1.82) is 0 Å². The van der Waals surface area contributed by atoms with E-state index in [0.717, 1.165) is 23.5 Å². The van der Waals surface area contributed by atoms with Gasteiger partial charge in [0.1, 0.15) is 16.0 Å². The topological polar surface area (TPSA) is 84.3 Å². The second kappa shape index (κ2) is 12.1. The summed E-state index contributed by atoms with van der Waals surface area (Å²) in [7, 11) is 0. The third-order valence-electron chi connectivity index (χ3n) is 5.83. The van der Waals surface area contributed by atoms with Crippen molar-refractivity contribution in [3.05, 3.63) is 94.9 Å². The number of carbonyl (C=O) groups excluding carboxylic acids is 3. The van der Waals surface area contributed by atoms with Crippen LogP contribution in [0, 0.1) is 11.6 Å². The fourth-order valence-corrected chi connectivity index (χ4v) is 6.06. The number of fused-ring (bicyclic) bond motifs is 1. The van der Waals surface area contributed by atoms with Gasteiger partial charge < -0.3 is 5.32 Å². The van der Waals surface area contributed by atoms with Crippen LogP contribution < -0.4 is 5.32 Å². The molecular weight excluding hydrogens is 575 g/mol. The highest BCUT2D eigenvalue weighted by Gasteiger charge is 2.32. The van der Waals surface area contributed by atoms with Crippen molar-refractivity contribution in [2.75, 3.05) is 17.6 Å². The number of anilines is 1. The van der Waals surface area contributed by atoms with Crippen molar-refractivity contribution < 1.29 is 23.2 Å². The maximum absolute atomic E-state index is 13.4. The highest BCUT2D eigenvalue weighted by atomic mass is 32.2. The van der Waals surface area contributed by atoms with Crippen molar-refractivity contribution in [3.63, 3.8) is 0 Å². The second-order valence-corrected chi connectivity index (χ2v) is 11.2. The standard InChI is InChI=1S/C28H20F2N4O3S3/c29-18-7-5-17(6-8-18)15-23-26(37)33(28(38)40-23)14-13-25(36)34-22-4-2-1-3-21(22)32-27(34)39-16-24(35)31-20-11-9-19(30)10-12-20/h1-12,15H,13-14,16H2,(H,31,35)/b23-15+. The molecule has 1 aliphatic rings. The molecule has 4 aromatic rings. The van der Waals surface area contributed by atoms with Crippen LogP contribution in [0.3, 0.4) is 0 Å². The number of thioether (sulfide) groups is 2. The Morgan fingerprint density at radius 2 is 1.68 bits per heavy atom. The highest BCUT2D eigenvalue weighted by Crippen LogP contribution is 2.33. The van der Waals surface area contributed by atoms with Crippen molar-refractivity contribution in [1.82, 2.24) is 14.5 Å². The molecule has 12 heteroatoms. The van der Waals surface area contributed by atoms with Crippen molar-refractivity contribution in [2.45, 2.75) is 11.6 Å². The largest absolute Gasteiger partial charge is 0.325 e. The fourth-order valence-electron chi connectivity index (χ4n) is 3.92. The van der Waals surface area contributed by atoms with Crippen LogP contribution in [-0.4, -0.2) is 48.8 Å². The van der Waals surface area contributed by atoms with Gasteiger partial charge in [-0.15, -0.1) is 0 Å². The molecule has 1 N–H and O–H groups in total. The number of nitrogens with one attached hydrogen (secondary N) is 1. The molecule has 7 nitrogen and oxygen atoms in total. The predicted octanol–water partition coefficient (Wildman–Crippen LogP) is 5.98. The number of amides is 2. The molecule has 0 saturated carbocycles. The van der Waals surface area contributed by atoms with Gasteiger partial charge in [0.2, 0.25) is 11.8 Å². The summed E-state index contributed by atoms with van der Waals surface area (Å²) in [5.41, 5.74) is 2.28. The molecule has 0 aliphatic carbocycles. The third-order valence-corrected chi connectivity index (χ3v) is 8.15. The molecule has 1 aliphatic heterocycles. The number of thiocarbonyl (C=S) groups is 1. The van der Waals surface area contributed by atoms with Crippen LogP contribution >= 0.6 is 35.7 Å². The molecule has 2 amide bonds. The molecule has 1 saturated heterocycles. The van der Waals surface area contributed by atoms with Crippen LogP contribution in [0.1, 0.15) is 16.8 Å². The first-order valence-electron chi connectivity index (χ1n) is 12.0. The number of halogens is 2. The smallest absolute Gasteiger partial charge is 0.266 e. The van der Waals surface area contributed by atoms with Gasteiger partial charge in [-0.1, -0.05) is 60.0 Å². The average Bonchev–Trinajstić information content (AvgIpc) is 3.44. The van der Waals surface area contributed by atoms with Gasteiger partial charge >= 0.3 is 0 Å². The molecule has 2 heterocycles. The van der Waals surface area contributed by atoms with Gasteiger partial charge in [0.05, 0.1) is 21.7 Å². The molecule has 0 unspecified atom stereocenters. The molecule has 0 bridgehead atoms. The lowest BCUT2D eigenvalue weighted by atomic mass is 10.2. The molecule has 5 rings (SSSR count). The lowest BCUT2D eigenvalue weighted by Crippen LogP contribution is -2.31. The summed E-state index contributed by atoms with van der Waals surface area (Å²) in [6, 6.07) is 18.3. The van der Waals surface area contributed by atoms with E-state index in [9.17, 15) is 23.2 Å². The number of hydrogen-bond donors (Lipinski definition) is 1. The molecule has 40 heavy (non-hydrogen) atoms. The van der Waals surface area contributed by atoms with Crippen LogP contribution in [-0.2, 0) is 9.59 Å². The quantitative estimate of drug-likeness (QED) is 0.153. The van der Waals surface area contributed by atoms with Gasteiger partial charge in [0.15, 0.2) is 5.16 Å². The molecule has 3 aromatic carbocycles. The molecule has 1 aromatic heterocycles. The van der Waals surface area contributed by atoms with Crippen molar-refractivity contribution in [3.8, 4) is 0 Å². The maximum Gasteiger partial charge on any atom is 0.266 e. The van der Waals surface area contributed by atoms with E-state index in [-0.39, 0.29) is 42.3 Å². The van der Waals surface area contributed by atoms with E-state index in [1.807, 2.05) is 0 Å². The Balaban J connectivity index is 1.27. The number of para-hydroxylation sites is 2. The summed E-state index contributed by atoms with van der Waals surface area (Å²) in [4.78, 5) is 45.2. The zero-order valence-electron chi connectivity index (χ0n) is 20.7. The van der Waals surface area contributed by atoms with Gasteiger partial charge in [-0.25, -0.2) is 13.8 Å². The Bertz CT molecular complexity index is 1650. The Morgan fingerprint density at radius 3 is 2.40 bits per heavy atom. The van der Waals surface area contributed by atoms with Crippen LogP contribution in [0.2, 0.25) is 0 Å². The van der Waals surface area contributed by atoms with E-state index < -0.39 is 5.82 Å². The Hall–Kier alpha value is -3.87. The number of carbonyl (C=O) groups is 3. The molecular formula is C28H20F2N4O3S3. The third kappa shape index (κ3) is 6.30. The Kier molecular flexibility index (Phi) is 8.38. The van der Waals surface area contributed by atoms with Gasteiger partial charge in [0.25, 0.3) is 5.91 Å². The van der Waals surface area contributed by atoms with E-state index in [4.69, 9.17) is 12.2 Å². The van der Waals surface area contributed by atoms with Crippen LogP contribution in [0.4, 0.5) is 14.5 Å². The first kappa shape index (κ1) is 27.7. The minimum atomic E-state index is -0.408. The van der Waals surface area contributed by atoms with Gasteiger partial charge in [-0.2, -0.15) is 0 Å². The van der Waals surface area contributed by atoms with Gasteiger partial charge in [0, 0.05) is 18.7 Å². The summed E-state index contributed by atoms with van der Waals surface area (Å²) >= 11 is 7.60. The van der Waals surface area contributed by atoms with Crippen LogP contribution in [0.5, 0.6) is 0 Å². The Morgan fingerprint density at radius 1 is 1.00 bits per heavy atom. The number of rotatable bonds is 8. The lowest BCUT2D eigenvalue weighted by Gasteiger charge is -2.14. The molecule has 1 fully saturated rings. The molecule has 0 atom stereocenters. The van der Waals surface area contributed by atoms with E-state index in [1.54, 1.807) is 42.5 Å². The summed E-state index contributed by atoms with van der Waals surface area (Å²) in [6.45, 7) is 0.0614. The number of benzene rings is 3. The predicted molar refractivity (Wildman–Crippen MR) is 157 cm³/mol. The normalized spacial score (nSPS) is 14.3. The van der Waals surface area contributed by atoms with Crippen LogP contribution in [0.25, 0.3) is 17.1 Å². The first-order valence-corrected chi connectivity index (χ1v) is 14.2. The summed E-state index contributed by atoms with van der Waals surface area (Å²) in [5, 5.41) is 3.02. The molecule has 202 valence electrons. The Labute approximate surface area is 241 Å².